The molecular weight excluding hydrogens is 717 g/mol. The highest BCUT2D eigenvalue weighted by Crippen LogP contribution is 2.45. The van der Waals surface area contributed by atoms with Crippen molar-refractivity contribution in [3.63, 3.8) is 0 Å². The first kappa shape index (κ1) is 35.7. The Labute approximate surface area is 344 Å². The summed E-state index contributed by atoms with van der Waals surface area (Å²) >= 11 is 0. The second kappa shape index (κ2) is 15.7. The predicted octanol–water partition coefficient (Wildman–Crippen LogP) is 13.8. The molecule has 1 unspecified atom stereocenters. The molecule has 0 amide bonds. The lowest BCUT2D eigenvalue weighted by molar-refractivity contribution is 0.841. The van der Waals surface area contributed by atoms with Crippen LogP contribution < -0.4 is 5.43 Å². The summed E-state index contributed by atoms with van der Waals surface area (Å²) in [6.45, 7) is 0. The van der Waals surface area contributed by atoms with E-state index >= 15 is 0 Å². The molecule has 0 aliphatic heterocycles. The minimum Gasteiger partial charge on any atom is -0.299 e. The van der Waals surface area contributed by atoms with Crippen molar-refractivity contribution < 1.29 is 0 Å². The Kier molecular flexibility index (Phi) is 9.49. The van der Waals surface area contributed by atoms with E-state index in [1.54, 1.807) is 6.20 Å². The van der Waals surface area contributed by atoms with Crippen LogP contribution >= 0.6 is 0 Å². The standard InChI is InChI=1S/C55H40N4/c56-52-35-43(26-30-53(52)59-58-47-27-23-39(24-28-47)46-16-4-2-1-3-11-31-57-36-46)42-25-29-50-51(34-42)55(45-22-20-38-13-6-8-15-41(38)33-45)49-18-10-9-17-48(49)54(50)44-21-19-37-12-5-7-14-40(37)32-44/h1-32,34-36,45,56,58H,33H2/b2-1?,3-1?,4-2?,11-3?,16-4?,31-11?,46-16?,46-36?,56-52?,57-31?,57-36?,59-53-. The Morgan fingerprint density at radius 3 is 2.19 bits per heavy atom. The van der Waals surface area contributed by atoms with Crippen molar-refractivity contribution in [2.24, 2.45) is 5.10 Å². The lowest BCUT2D eigenvalue weighted by Crippen LogP contribution is -2.13. The van der Waals surface area contributed by atoms with E-state index in [0.717, 1.165) is 34.4 Å². The molecule has 4 nitrogen and oxygen atoms in total. The summed E-state index contributed by atoms with van der Waals surface area (Å²) < 4.78 is 0. The average Bonchev–Trinajstić information content (AvgIpc) is 3.29. The summed E-state index contributed by atoms with van der Waals surface area (Å²) in [7, 11) is 0. The van der Waals surface area contributed by atoms with E-state index in [-0.39, 0.29) is 5.92 Å². The lowest BCUT2D eigenvalue weighted by Gasteiger charge is -2.25. The first-order valence-electron chi connectivity index (χ1n) is 20.1. The highest BCUT2D eigenvalue weighted by Gasteiger charge is 2.24. The monoisotopic (exact) mass is 756 g/mol. The van der Waals surface area contributed by atoms with Crippen molar-refractivity contribution in [3.8, 4) is 22.3 Å². The molecule has 8 aromatic rings. The van der Waals surface area contributed by atoms with Gasteiger partial charge in [0.25, 0.3) is 0 Å². The molecule has 0 radical (unpaired) electrons. The van der Waals surface area contributed by atoms with E-state index in [0.29, 0.717) is 11.4 Å². The van der Waals surface area contributed by atoms with E-state index in [2.05, 4.69) is 143 Å². The number of fused-ring (bicyclic) bond motifs is 4. The molecule has 1 heterocycles. The molecule has 2 aliphatic carbocycles. The molecule has 0 saturated heterocycles. The van der Waals surface area contributed by atoms with Gasteiger partial charge in [-0.25, -0.2) is 0 Å². The molecule has 59 heavy (non-hydrogen) atoms. The minimum absolute atomic E-state index is 0.202. The van der Waals surface area contributed by atoms with Gasteiger partial charge in [0.2, 0.25) is 0 Å². The number of rotatable bonds is 6. The number of allylic oxidation sites excluding steroid dienone is 5. The van der Waals surface area contributed by atoms with Gasteiger partial charge in [0.05, 0.1) is 11.4 Å². The Morgan fingerprint density at radius 1 is 0.559 bits per heavy atom. The third-order valence-corrected chi connectivity index (χ3v) is 11.4. The second-order valence-corrected chi connectivity index (χ2v) is 15.1. The van der Waals surface area contributed by atoms with Crippen molar-refractivity contribution in [1.29, 1.82) is 5.41 Å². The molecule has 10 rings (SSSR count). The van der Waals surface area contributed by atoms with Gasteiger partial charge in [-0.15, -0.1) is 0 Å². The van der Waals surface area contributed by atoms with Crippen LogP contribution in [-0.4, -0.2) is 16.4 Å². The van der Waals surface area contributed by atoms with Gasteiger partial charge in [0.1, 0.15) is 5.71 Å². The van der Waals surface area contributed by atoms with E-state index in [1.165, 1.54) is 60.1 Å². The van der Waals surface area contributed by atoms with Crippen LogP contribution in [0, 0.1) is 5.41 Å². The Morgan fingerprint density at radius 2 is 1.29 bits per heavy atom. The van der Waals surface area contributed by atoms with Gasteiger partial charge in [-0.05, 0) is 131 Å². The van der Waals surface area contributed by atoms with E-state index in [4.69, 9.17) is 5.41 Å². The number of nitrogens with one attached hydrogen (secondary N) is 2. The first-order chi connectivity index (χ1) is 29.2. The van der Waals surface area contributed by atoms with Crippen LogP contribution in [0.3, 0.4) is 0 Å². The first-order valence-corrected chi connectivity index (χ1v) is 20.1. The summed E-state index contributed by atoms with van der Waals surface area (Å²) in [6.07, 6.45) is 15.2. The summed E-state index contributed by atoms with van der Waals surface area (Å²) in [5.74, 6) is 0.202. The quantitative estimate of drug-likeness (QED) is 0.101. The zero-order valence-corrected chi connectivity index (χ0v) is 32.4. The zero-order chi connectivity index (χ0) is 39.5. The largest absolute Gasteiger partial charge is 0.299 e. The van der Waals surface area contributed by atoms with Gasteiger partial charge in [-0.1, -0.05) is 158 Å². The molecule has 0 bridgehead atoms. The van der Waals surface area contributed by atoms with E-state index in [9.17, 15) is 0 Å². The van der Waals surface area contributed by atoms with Gasteiger partial charge in [-0.3, -0.25) is 15.8 Å². The number of anilines is 1. The Balaban J connectivity index is 1.01. The van der Waals surface area contributed by atoms with Gasteiger partial charge in [0, 0.05) is 18.3 Å². The fraction of sp³-hybridized carbons (Fsp3) is 0.0364. The third kappa shape index (κ3) is 7.13. The Hall–Kier alpha value is -7.69. The fourth-order valence-corrected chi connectivity index (χ4v) is 8.52. The highest BCUT2D eigenvalue weighted by atomic mass is 15.3. The molecule has 2 aliphatic rings. The Bertz CT molecular complexity index is 3110. The minimum atomic E-state index is 0.202. The topological polar surface area (TPSA) is 61.1 Å². The van der Waals surface area contributed by atoms with Crippen LogP contribution in [0.5, 0.6) is 0 Å². The number of nitrogens with zero attached hydrogens (tertiary/aromatic N) is 2. The molecule has 1 atom stereocenters. The van der Waals surface area contributed by atoms with E-state index < -0.39 is 0 Å². The molecule has 1 aromatic heterocycles. The molecule has 4 heteroatoms. The molecule has 2 N–H and O–H groups in total. The van der Waals surface area contributed by atoms with Crippen molar-refractivity contribution in [3.05, 3.63) is 229 Å². The maximum absolute atomic E-state index is 9.04. The summed E-state index contributed by atoms with van der Waals surface area (Å²) in [6, 6.07) is 59.9. The third-order valence-electron chi connectivity index (χ3n) is 11.4. The molecule has 0 saturated carbocycles. The van der Waals surface area contributed by atoms with Gasteiger partial charge in [0.15, 0.2) is 0 Å². The molecular formula is C55H40N4. The smallest absolute Gasteiger partial charge is 0.108 e. The van der Waals surface area contributed by atoms with E-state index in [1.807, 2.05) is 79.0 Å². The number of hydrazone groups is 1. The van der Waals surface area contributed by atoms with Crippen LogP contribution in [0.4, 0.5) is 5.69 Å². The average molecular weight is 757 g/mol. The maximum atomic E-state index is 9.04. The number of benzene rings is 7. The maximum Gasteiger partial charge on any atom is 0.108 e. The molecule has 0 spiro atoms. The highest BCUT2D eigenvalue weighted by molar-refractivity contribution is 6.51. The molecule has 7 aromatic carbocycles. The van der Waals surface area contributed by atoms with Crippen LogP contribution in [0.2, 0.25) is 0 Å². The normalized spacial score (nSPS) is 15.3. The van der Waals surface area contributed by atoms with Gasteiger partial charge < -0.3 is 0 Å². The summed E-state index contributed by atoms with van der Waals surface area (Å²) in [4.78, 5) is 4.40. The summed E-state index contributed by atoms with van der Waals surface area (Å²) in [5.41, 5.74) is 15.5. The van der Waals surface area contributed by atoms with Gasteiger partial charge >= 0.3 is 0 Å². The fourth-order valence-electron chi connectivity index (χ4n) is 8.52. The summed E-state index contributed by atoms with van der Waals surface area (Å²) in [5, 5.41) is 21.1. The zero-order valence-electron chi connectivity index (χ0n) is 32.4. The number of aromatic nitrogens is 1. The number of hydrogen-bond acceptors (Lipinski definition) is 4. The number of hydrogen-bond donors (Lipinski definition) is 2. The van der Waals surface area contributed by atoms with Crippen LogP contribution in [0.25, 0.3) is 66.2 Å². The van der Waals surface area contributed by atoms with Crippen LogP contribution in [-0.2, 0) is 6.42 Å². The second-order valence-electron chi connectivity index (χ2n) is 15.1. The van der Waals surface area contributed by atoms with Gasteiger partial charge in [-0.2, -0.15) is 5.10 Å². The van der Waals surface area contributed by atoms with Crippen LogP contribution in [0.15, 0.2) is 212 Å². The lowest BCUT2D eigenvalue weighted by atomic mass is 9.78. The van der Waals surface area contributed by atoms with Crippen LogP contribution in [0.1, 0.15) is 28.2 Å². The van der Waals surface area contributed by atoms with Crippen molar-refractivity contribution in [2.45, 2.75) is 12.3 Å². The van der Waals surface area contributed by atoms with Crippen molar-refractivity contribution in [2.75, 3.05) is 5.43 Å². The SMILES string of the molecule is N=C1C=C(c2ccc3c(-c4ccc5ccccc5c4)c4ccccc4c(C4C=Cc5ccccc5C4)c3c2)C=C/C1=N/Nc1ccc(-c2cccccccnc2)cc1. The molecule has 280 valence electrons. The van der Waals surface area contributed by atoms with Crippen molar-refractivity contribution in [1.82, 2.24) is 4.98 Å². The predicted molar refractivity (Wildman–Crippen MR) is 250 cm³/mol. The molecule has 0 fully saturated rings. The van der Waals surface area contributed by atoms with Crippen molar-refractivity contribution >= 4 is 61.1 Å².